The molecule has 0 saturated carbocycles. The summed E-state index contributed by atoms with van der Waals surface area (Å²) in [5.41, 5.74) is 0.727. The normalized spacial score (nSPS) is 19.3. The number of hydrogen-bond donors (Lipinski definition) is 0. The summed E-state index contributed by atoms with van der Waals surface area (Å²) >= 11 is 6.19. The third-order valence-electron chi connectivity index (χ3n) is 5.38. The molecule has 3 rings (SSSR count). The average molecular weight is 371 g/mol. The lowest BCUT2D eigenvalue weighted by Crippen LogP contribution is -2.41. The summed E-state index contributed by atoms with van der Waals surface area (Å²) in [4.78, 5) is 12.8. The predicted octanol–water partition coefficient (Wildman–Crippen LogP) is 5.33. The minimum Gasteiger partial charge on any atom is -0.403 e. The van der Waals surface area contributed by atoms with Crippen molar-refractivity contribution in [2.45, 2.75) is 51.1 Å². The lowest BCUT2D eigenvalue weighted by Gasteiger charge is -2.32. The van der Waals surface area contributed by atoms with Crippen molar-refractivity contribution in [1.82, 2.24) is 0 Å². The van der Waals surface area contributed by atoms with E-state index in [1.807, 2.05) is 82.3 Å². The van der Waals surface area contributed by atoms with Crippen molar-refractivity contribution in [2.75, 3.05) is 0 Å². The standard InChI is InChI=1S/C21H24BClO3/c1-20(2)21(3,4)26-22(25-20)18(16-11-8-12-17(23)13-16)14-19(24)15-9-6-5-7-10-15/h5-13,18H,14H2,1-4H3/t18-/m1/s1. The highest BCUT2D eigenvalue weighted by Gasteiger charge is 2.54. The average Bonchev–Trinajstić information content (AvgIpc) is 2.80. The van der Waals surface area contributed by atoms with Crippen LogP contribution in [-0.4, -0.2) is 24.1 Å². The Morgan fingerprint density at radius 3 is 2.19 bits per heavy atom. The number of carbonyl (C=O) groups excluding carboxylic acids is 1. The summed E-state index contributed by atoms with van der Waals surface area (Å²) in [5.74, 6) is -0.173. The molecule has 5 heteroatoms. The molecule has 26 heavy (non-hydrogen) atoms. The predicted molar refractivity (Wildman–Crippen MR) is 106 cm³/mol. The zero-order valence-corrected chi connectivity index (χ0v) is 16.4. The van der Waals surface area contributed by atoms with E-state index in [2.05, 4.69) is 0 Å². The van der Waals surface area contributed by atoms with Gasteiger partial charge in [0.15, 0.2) is 5.78 Å². The zero-order valence-electron chi connectivity index (χ0n) is 15.7. The van der Waals surface area contributed by atoms with Gasteiger partial charge < -0.3 is 9.31 Å². The molecule has 0 aliphatic carbocycles. The molecule has 1 fully saturated rings. The lowest BCUT2D eigenvalue weighted by molar-refractivity contribution is 0.00578. The zero-order chi connectivity index (χ0) is 18.9. The van der Waals surface area contributed by atoms with Crippen LogP contribution in [-0.2, 0) is 9.31 Å². The van der Waals surface area contributed by atoms with Crippen LogP contribution < -0.4 is 0 Å². The summed E-state index contributed by atoms with van der Waals surface area (Å²) in [5, 5.41) is 0.635. The Bertz CT molecular complexity index is 773. The second-order valence-electron chi connectivity index (χ2n) is 7.78. The van der Waals surface area contributed by atoms with Crippen LogP contribution in [0.3, 0.4) is 0 Å². The van der Waals surface area contributed by atoms with Crippen LogP contribution in [0.4, 0.5) is 0 Å². The first-order valence-corrected chi connectivity index (χ1v) is 9.27. The first kappa shape index (κ1) is 19.2. The quantitative estimate of drug-likeness (QED) is 0.527. The molecule has 1 saturated heterocycles. The maximum absolute atomic E-state index is 12.8. The Labute approximate surface area is 160 Å². The van der Waals surface area contributed by atoms with Gasteiger partial charge in [0.05, 0.1) is 11.2 Å². The largest absolute Gasteiger partial charge is 0.466 e. The van der Waals surface area contributed by atoms with Crippen LogP contribution in [0.25, 0.3) is 0 Å². The molecule has 0 N–H and O–H groups in total. The molecule has 1 aliphatic heterocycles. The van der Waals surface area contributed by atoms with Gasteiger partial charge in [0.25, 0.3) is 0 Å². The van der Waals surface area contributed by atoms with E-state index >= 15 is 0 Å². The first-order chi connectivity index (χ1) is 12.2. The van der Waals surface area contributed by atoms with E-state index in [1.54, 1.807) is 0 Å². The molecule has 3 nitrogen and oxygen atoms in total. The maximum Gasteiger partial charge on any atom is 0.466 e. The number of carbonyl (C=O) groups is 1. The number of ketones is 1. The Morgan fingerprint density at radius 2 is 1.62 bits per heavy atom. The fourth-order valence-corrected chi connectivity index (χ4v) is 3.30. The van der Waals surface area contributed by atoms with Gasteiger partial charge in [0, 0.05) is 22.8 Å². The van der Waals surface area contributed by atoms with Crippen molar-refractivity contribution in [3.63, 3.8) is 0 Å². The second-order valence-corrected chi connectivity index (χ2v) is 8.22. The van der Waals surface area contributed by atoms with Crippen molar-refractivity contribution in [1.29, 1.82) is 0 Å². The minimum atomic E-state index is -0.508. The molecule has 0 spiro atoms. The van der Waals surface area contributed by atoms with E-state index in [4.69, 9.17) is 20.9 Å². The van der Waals surface area contributed by atoms with E-state index < -0.39 is 18.3 Å². The smallest absolute Gasteiger partial charge is 0.403 e. The minimum absolute atomic E-state index is 0.0605. The number of Topliss-reactive ketones (excluding diaryl/α,β-unsaturated/α-hetero) is 1. The van der Waals surface area contributed by atoms with Crippen LogP contribution in [0.5, 0.6) is 0 Å². The Hall–Kier alpha value is -1.62. The summed E-state index contributed by atoms with van der Waals surface area (Å²) < 4.78 is 12.5. The van der Waals surface area contributed by atoms with Crippen molar-refractivity contribution in [2.24, 2.45) is 0 Å². The molecule has 0 aromatic heterocycles. The molecule has 136 valence electrons. The topological polar surface area (TPSA) is 35.5 Å². The molecule has 0 amide bonds. The van der Waals surface area contributed by atoms with Gasteiger partial charge >= 0.3 is 7.12 Å². The molecule has 0 unspecified atom stereocenters. The molecule has 2 aromatic rings. The number of benzene rings is 2. The second kappa shape index (κ2) is 7.18. The van der Waals surface area contributed by atoms with Gasteiger partial charge in [-0.05, 0) is 45.4 Å². The van der Waals surface area contributed by atoms with Crippen molar-refractivity contribution in [3.05, 3.63) is 70.7 Å². The highest BCUT2D eigenvalue weighted by atomic mass is 35.5. The van der Waals surface area contributed by atoms with E-state index in [0.717, 1.165) is 5.56 Å². The molecular formula is C21H24BClO3. The van der Waals surface area contributed by atoms with E-state index in [1.165, 1.54) is 0 Å². The molecule has 0 bridgehead atoms. The van der Waals surface area contributed by atoms with Crippen LogP contribution >= 0.6 is 11.6 Å². The fraction of sp³-hybridized carbons (Fsp3) is 0.381. The molecule has 1 aliphatic rings. The fourth-order valence-electron chi connectivity index (χ4n) is 3.10. The van der Waals surface area contributed by atoms with Crippen molar-refractivity contribution in [3.8, 4) is 0 Å². The Balaban J connectivity index is 1.92. The first-order valence-electron chi connectivity index (χ1n) is 8.89. The van der Waals surface area contributed by atoms with Gasteiger partial charge in [0.2, 0.25) is 0 Å². The number of hydrogen-bond acceptors (Lipinski definition) is 3. The highest BCUT2D eigenvalue weighted by molar-refractivity contribution is 6.48. The van der Waals surface area contributed by atoms with Crippen molar-refractivity contribution < 1.29 is 14.1 Å². The number of rotatable bonds is 5. The van der Waals surface area contributed by atoms with Gasteiger partial charge in [-0.25, -0.2) is 0 Å². The van der Waals surface area contributed by atoms with Gasteiger partial charge in [-0.3, -0.25) is 4.79 Å². The molecule has 2 aromatic carbocycles. The summed E-state index contributed by atoms with van der Waals surface area (Å²) in [7, 11) is -0.508. The van der Waals surface area contributed by atoms with Gasteiger partial charge in [0.1, 0.15) is 0 Å². The third-order valence-corrected chi connectivity index (χ3v) is 5.61. The van der Waals surface area contributed by atoms with Crippen LogP contribution in [0.15, 0.2) is 54.6 Å². The SMILES string of the molecule is CC1(C)OB([C@H](CC(=O)c2ccccc2)c2cccc(Cl)c2)OC1(C)C. The van der Waals surface area contributed by atoms with Crippen LogP contribution in [0, 0.1) is 0 Å². The third kappa shape index (κ3) is 3.88. The van der Waals surface area contributed by atoms with Gasteiger partial charge in [-0.2, -0.15) is 0 Å². The lowest BCUT2D eigenvalue weighted by atomic mass is 9.65. The van der Waals surface area contributed by atoms with E-state index in [0.29, 0.717) is 17.0 Å². The van der Waals surface area contributed by atoms with Crippen LogP contribution in [0.1, 0.15) is 55.9 Å². The van der Waals surface area contributed by atoms with Crippen LogP contribution in [0.2, 0.25) is 5.02 Å². The van der Waals surface area contributed by atoms with Crippen molar-refractivity contribution >= 4 is 24.5 Å². The molecular weight excluding hydrogens is 346 g/mol. The molecule has 1 heterocycles. The van der Waals surface area contributed by atoms with E-state index in [9.17, 15) is 4.79 Å². The maximum atomic E-state index is 12.8. The molecule has 0 radical (unpaired) electrons. The Kier molecular flexibility index (Phi) is 5.29. The van der Waals surface area contributed by atoms with Gasteiger partial charge in [-0.1, -0.05) is 54.1 Å². The number of halogens is 1. The molecule has 1 atom stereocenters. The summed E-state index contributed by atoms with van der Waals surface area (Å²) in [6, 6.07) is 16.9. The Morgan fingerprint density at radius 1 is 1.00 bits per heavy atom. The monoisotopic (exact) mass is 370 g/mol. The van der Waals surface area contributed by atoms with Gasteiger partial charge in [-0.15, -0.1) is 0 Å². The summed E-state index contributed by atoms with van der Waals surface area (Å²) in [6.07, 6.45) is 0.293. The summed E-state index contributed by atoms with van der Waals surface area (Å²) in [6.45, 7) is 8.06. The highest BCUT2D eigenvalue weighted by Crippen LogP contribution is 2.42. The van der Waals surface area contributed by atoms with E-state index in [-0.39, 0.29) is 11.6 Å².